The summed E-state index contributed by atoms with van der Waals surface area (Å²) >= 11 is 0. The molecule has 0 aliphatic carbocycles. The molecule has 0 N–H and O–H groups in total. The van der Waals surface area contributed by atoms with E-state index in [0.717, 1.165) is 49.1 Å². The Bertz CT molecular complexity index is 799. The Morgan fingerprint density at radius 2 is 1.71 bits per heavy atom. The zero-order chi connectivity index (χ0) is 16.7. The van der Waals surface area contributed by atoms with Gasteiger partial charge in [-0.25, -0.2) is 9.97 Å². The second-order valence-corrected chi connectivity index (χ2v) is 6.62. The third-order valence-corrected chi connectivity index (χ3v) is 5.22. The normalized spacial score (nSPS) is 22.5. The van der Waals surface area contributed by atoms with E-state index < -0.39 is 0 Å². The van der Waals surface area contributed by atoms with E-state index in [2.05, 4.69) is 43.0 Å². The summed E-state index contributed by atoms with van der Waals surface area (Å²) in [6.07, 6.45) is 3.22. The van der Waals surface area contributed by atoms with Crippen molar-refractivity contribution in [2.45, 2.75) is 13.8 Å². The first-order valence-corrected chi connectivity index (χ1v) is 8.17. The number of nitrogens with zero attached hydrogens (tertiary/aromatic N) is 7. The molecular formula is C17H19N7. The Morgan fingerprint density at radius 3 is 2.38 bits per heavy atom. The number of aromatic nitrogens is 4. The van der Waals surface area contributed by atoms with E-state index in [4.69, 9.17) is 0 Å². The van der Waals surface area contributed by atoms with Gasteiger partial charge in [-0.2, -0.15) is 10.4 Å². The first kappa shape index (κ1) is 14.8. The maximum Gasteiger partial charge on any atom is 0.169 e. The van der Waals surface area contributed by atoms with E-state index in [1.807, 2.05) is 6.92 Å². The Balaban J connectivity index is 1.51. The van der Waals surface area contributed by atoms with Gasteiger partial charge in [0.25, 0.3) is 0 Å². The summed E-state index contributed by atoms with van der Waals surface area (Å²) in [4.78, 5) is 13.3. The van der Waals surface area contributed by atoms with Crippen LogP contribution in [0.4, 0.5) is 11.6 Å². The minimum absolute atomic E-state index is 0.563. The van der Waals surface area contributed by atoms with Crippen molar-refractivity contribution >= 4 is 11.6 Å². The van der Waals surface area contributed by atoms with Gasteiger partial charge in [0.2, 0.25) is 0 Å². The van der Waals surface area contributed by atoms with Crippen LogP contribution in [0.1, 0.15) is 16.8 Å². The summed E-state index contributed by atoms with van der Waals surface area (Å²) in [6.45, 7) is 7.91. The van der Waals surface area contributed by atoms with Gasteiger partial charge in [0.1, 0.15) is 18.2 Å². The van der Waals surface area contributed by atoms with Gasteiger partial charge in [0.05, 0.1) is 11.8 Å². The highest BCUT2D eigenvalue weighted by Gasteiger charge is 2.41. The van der Waals surface area contributed by atoms with Gasteiger partial charge < -0.3 is 9.80 Å². The molecule has 2 aliphatic rings. The Morgan fingerprint density at radius 1 is 1.04 bits per heavy atom. The van der Waals surface area contributed by atoms with E-state index in [1.165, 1.54) is 0 Å². The van der Waals surface area contributed by atoms with Gasteiger partial charge in [-0.15, -0.1) is 5.10 Å². The fourth-order valence-corrected chi connectivity index (χ4v) is 3.83. The number of nitriles is 1. The zero-order valence-corrected chi connectivity index (χ0v) is 13.8. The highest BCUT2D eigenvalue weighted by Crippen LogP contribution is 2.36. The molecule has 2 aliphatic heterocycles. The highest BCUT2D eigenvalue weighted by molar-refractivity contribution is 5.55. The van der Waals surface area contributed by atoms with Crippen LogP contribution >= 0.6 is 0 Å². The van der Waals surface area contributed by atoms with Gasteiger partial charge in [-0.05, 0) is 19.9 Å². The van der Waals surface area contributed by atoms with Crippen LogP contribution in [0, 0.1) is 37.0 Å². The maximum absolute atomic E-state index is 9.26. The summed E-state index contributed by atoms with van der Waals surface area (Å²) in [5, 5.41) is 17.4. The number of hydrogen-bond acceptors (Lipinski definition) is 7. The van der Waals surface area contributed by atoms with Crippen molar-refractivity contribution in [1.82, 2.24) is 20.2 Å². The largest absolute Gasteiger partial charge is 0.356 e. The number of anilines is 2. The van der Waals surface area contributed by atoms with Crippen molar-refractivity contribution in [3.05, 3.63) is 35.4 Å². The molecule has 0 spiro atoms. The predicted octanol–water partition coefficient (Wildman–Crippen LogP) is 1.33. The predicted molar refractivity (Wildman–Crippen MR) is 89.7 cm³/mol. The molecule has 122 valence electrons. The van der Waals surface area contributed by atoms with E-state index in [0.29, 0.717) is 17.4 Å². The quantitative estimate of drug-likeness (QED) is 0.825. The fourth-order valence-electron chi connectivity index (χ4n) is 3.83. The molecule has 2 aromatic heterocycles. The van der Waals surface area contributed by atoms with Gasteiger partial charge >= 0.3 is 0 Å². The van der Waals surface area contributed by atoms with Crippen LogP contribution in [0.2, 0.25) is 0 Å². The SMILES string of the molecule is Cc1ncnc(N2CC3CN(c4nnccc4C#N)CC3C2)c1C. The van der Waals surface area contributed by atoms with Crippen molar-refractivity contribution in [3.8, 4) is 6.07 Å². The summed E-state index contributed by atoms with van der Waals surface area (Å²) in [6, 6.07) is 3.95. The molecule has 0 aromatic carbocycles. The third kappa shape index (κ3) is 2.35. The number of hydrogen-bond donors (Lipinski definition) is 0. The third-order valence-electron chi connectivity index (χ3n) is 5.22. The van der Waals surface area contributed by atoms with Crippen LogP contribution in [-0.2, 0) is 0 Å². The van der Waals surface area contributed by atoms with E-state index in [-0.39, 0.29) is 0 Å². The van der Waals surface area contributed by atoms with E-state index in [1.54, 1.807) is 18.6 Å². The van der Waals surface area contributed by atoms with Crippen molar-refractivity contribution in [3.63, 3.8) is 0 Å². The summed E-state index contributed by atoms with van der Waals surface area (Å²) in [5.74, 6) is 2.90. The first-order valence-electron chi connectivity index (χ1n) is 8.17. The van der Waals surface area contributed by atoms with Crippen LogP contribution in [0.3, 0.4) is 0 Å². The monoisotopic (exact) mass is 321 g/mol. The molecule has 2 saturated heterocycles. The maximum atomic E-state index is 9.26. The lowest BCUT2D eigenvalue weighted by Gasteiger charge is -2.24. The van der Waals surface area contributed by atoms with E-state index >= 15 is 0 Å². The molecule has 0 radical (unpaired) electrons. The molecule has 7 heteroatoms. The van der Waals surface area contributed by atoms with Crippen LogP contribution < -0.4 is 9.80 Å². The zero-order valence-electron chi connectivity index (χ0n) is 13.8. The number of rotatable bonds is 2. The summed E-state index contributed by atoms with van der Waals surface area (Å²) < 4.78 is 0. The highest BCUT2D eigenvalue weighted by atomic mass is 15.3. The van der Waals surface area contributed by atoms with Gasteiger partial charge in [-0.1, -0.05) is 0 Å². The average Bonchev–Trinajstić information content (AvgIpc) is 3.16. The molecular weight excluding hydrogens is 302 g/mol. The molecule has 4 heterocycles. The van der Waals surface area contributed by atoms with Crippen molar-refractivity contribution in [2.24, 2.45) is 11.8 Å². The standard InChI is InChI=1S/C17H19N7/c1-11-12(2)19-10-20-16(11)23-6-14-8-24(9-15(14)7-23)17-13(5-18)3-4-21-22-17/h3-4,10,14-15H,6-9H2,1-2H3. The Hall–Kier alpha value is -2.75. The number of fused-ring (bicyclic) bond motifs is 1. The van der Waals surface area contributed by atoms with Crippen LogP contribution in [0.5, 0.6) is 0 Å². The van der Waals surface area contributed by atoms with Crippen LogP contribution in [-0.4, -0.2) is 46.3 Å². The average molecular weight is 321 g/mol. The smallest absolute Gasteiger partial charge is 0.169 e. The molecule has 24 heavy (non-hydrogen) atoms. The molecule has 2 aromatic rings. The lowest BCUT2D eigenvalue weighted by molar-refractivity contribution is 0.533. The van der Waals surface area contributed by atoms with E-state index in [9.17, 15) is 5.26 Å². The molecule has 7 nitrogen and oxygen atoms in total. The summed E-state index contributed by atoms with van der Waals surface area (Å²) in [5.41, 5.74) is 2.80. The van der Waals surface area contributed by atoms with Crippen molar-refractivity contribution in [1.29, 1.82) is 5.26 Å². The van der Waals surface area contributed by atoms with Crippen molar-refractivity contribution in [2.75, 3.05) is 36.0 Å². The minimum Gasteiger partial charge on any atom is -0.356 e. The molecule has 2 fully saturated rings. The van der Waals surface area contributed by atoms with Gasteiger partial charge in [0, 0.05) is 49.3 Å². The lowest BCUT2D eigenvalue weighted by Crippen LogP contribution is -2.30. The molecule has 4 rings (SSSR count). The fraction of sp³-hybridized carbons (Fsp3) is 0.471. The topological polar surface area (TPSA) is 81.8 Å². The first-order chi connectivity index (χ1) is 11.7. The second-order valence-electron chi connectivity index (χ2n) is 6.62. The molecule has 2 unspecified atom stereocenters. The minimum atomic E-state index is 0.563. The molecule has 2 atom stereocenters. The number of aryl methyl sites for hydroxylation is 1. The summed E-state index contributed by atoms with van der Waals surface area (Å²) in [7, 11) is 0. The second kappa shape index (κ2) is 5.71. The Labute approximate surface area is 141 Å². The van der Waals surface area contributed by atoms with Crippen LogP contribution in [0.15, 0.2) is 18.6 Å². The molecule has 0 bridgehead atoms. The lowest BCUT2D eigenvalue weighted by atomic mass is 10.0. The Kier molecular flexibility index (Phi) is 3.53. The molecule has 0 saturated carbocycles. The van der Waals surface area contributed by atoms with Crippen molar-refractivity contribution < 1.29 is 0 Å². The van der Waals surface area contributed by atoms with Gasteiger partial charge in [-0.3, -0.25) is 0 Å². The van der Waals surface area contributed by atoms with Crippen LogP contribution in [0.25, 0.3) is 0 Å². The molecule has 0 amide bonds. The van der Waals surface area contributed by atoms with Gasteiger partial charge in [0.15, 0.2) is 5.82 Å².